The fraction of sp³-hybridized carbons (Fsp3) is 0.867. The molecule has 0 spiro atoms. The van der Waals surface area contributed by atoms with Gasteiger partial charge in [0, 0.05) is 13.0 Å². The zero-order chi connectivity index (χ0) is 14.4. The molecular formula is C15H26N2O3. The van der Waals surface area contributed by atoms with E-state index in [-0.39, 0.29) is 12.3 Å². The molecule has 0 aromatic rings. The Morgan fingerprint density at radius 2 is 1.75 bits per heavy atom. The van der Waals surface area contributed by atoms with Gasteiger partial charge in [0.1, 0.15) is 0 Å². The Balaban J connectivity index is 1.65. The van der Waals surface area contributed by atoms with Gasteiger partial charge >= 0.3 is 5.97 Å². The lowest BCUT2D eigenvalue weighted by molar-refractivity contribution is -0.151. The maximum atomic E-state index is 11.9. The average molecular weight is 282 g/mol. The summed E-state index contributed by atoms with van der Waals surface area (Å²) in [5.41, 5.74) is -0.793. The molecule has 114 valence electrons. The van der Waals surface area contributed by atoms with E-state index in [2.05, 4.69) is 10.2 Å². The third kappa shape index (κ3) is 3.95. The molecule has 0 atom stereocenters. The molecule has 2 N–H and O–H groups in total. The summed E-state index contributed by atoms with van der Waals surface area (Å²) in [5.74, 6) is -0.905. The molecule has 0 aromatic carbocycles. The van der Waals surface area contributed by atoms with Crippen molar-refractivity contribution in [3.05, 3.63) is 0 Å². The van der Waals surface area contributed by atoms with Gasteiger partial charge in [-0.15, -0.1) is 0 Å². The minimum atomic E-state index is -0.804. The first-order valence-corrected chi connectivity index (χ1v) is 7.85. The first kappa shape index (κ1) is 15.3. The number of amides is 1. The molecular weight excluding hydrogens is 256 g/mol. The minimum Gasteiger partial charge on any atom is -0.481 e. The molecule has 0 bridgehead atoms. The van der Waals surface area contributed by atoms with Gasteiger partial charge in [0.05, 0.1) is 5.41 Å². The van der Waals surface area contributed by atoms with Crippen molar-refractivity contribution in [1.82, 2.24) is 10.2 Å². The fourth-order valence-corrected chi connectivity index (χ4v) is 3.42. The number of carboxylic acids is 1. The number of carbonyl (C=O) groups is 2. The minimum absolute atomic E-state index is 0.101. The van der Waals surface area contributed by atoms with E-state index >= 15 is 0 Å². The van der Waals surface area contributed by atoms with Gasteiger partial charge in [-0.3, -0.25) is 9.59 Å². The summed E-state index contributed by atoms with van der Waals surface area (Å²) in [6.07, 6.45) is 6.80. The van der Waals surface area contributed by atoms with Crippen molar-refractivity contribution in [2.24, 2.45) is 5.41 Å². The number of carboxylic acid groups (broad SMARTS) is 1. The summed E-state index contributed by atoms with van der Waals surface area (Å²) in [4.78, 5) is 25.7. The molecule has 1 saturated heterocycles. The van der Waals surface area contributed by atoms with Crippen molar-refractivity contribution < 1.29 is 14.7 Å². The van der Waals surface area contributed by atoms with Crippen LogP contribution < -0.4 is 5.32 Å². The zero-order valence-electron chi connectivity index (χ0n) is 12.2. The van der Waals surface area contributed by atoms with Crippen LogP contribution in [0.1, 0.15) is 51.4 Å². The van der Waals surface area contributed by atoms with Crippen molar-refractivity contribution in [2.45, 2.75) is 51.4 Å². The summed E-state index contributed by atoms with van der Waals surface area (Å²) in [5, 5.41) is 12.2. The Morgan fingerprint density at radius 3 is 2.35 bits per heavy atom. The maximum absolute atomic E-state index is 11.9. The van der Waals surface area contributed by atoms with Crippen LogP contribution in [-0.2, 0) is 9.59 Å². The lowest BCUT2D eigenvalue weighted by atomic mass is 9.82. The molecule has 1 aliphatic carbocycles. The molecule has 0 radical (unpaired) electrons. The Morgan fingerprint density at radius 1 is 1.10 bits per heavy atom. The van der Waals surface area contributed by atoms with Crippen LogP contribution in [0.25, 0.3) is 0 Å². The van der Waals surface area contributed by atoms with Crippen LogP contribution in [0.3, 0.4) is 0 Å². The first-order valence-electron chi connectivity index (χ1n) is 7.85. The highest BCUT2D eigenvalue weighted by molar-refractivity contribution is 5.85. The van der Waals surface area contributed by atoms with Crippen molar-refractivity contribution in [2.75, 3.05) is 26.2 Å². The van der Waals surface area contributed by atoms with Gasteiger partial charge in [-0.1, -0.05) is 12.8 Å². The Bertz CT molecular complexity index is 345. The normalized spacial score (nSPS) is 22.0. The number of nitrogens with one attached hydrogen (secondary N) is 1. The van der Waals surface area contributed by atoms with E-state index < -0.39 is 11.4 Å². The van der Waals surface area contributed by atoms with Crippen LogP contribution in [-0.4, -0.2) is 48.1 Å². The molecule has 1 amide bonds. The molecule has 2 fully saturated rings. The highest BCUT2D eigenvalue weighted by Gasteiger charge is 2.42. The van der Waals surface area contributed by atoms with Crippen molar-refractivity contribution in [3.8, 4) is 0 Å². The van der Waals surface area contributed by atoms with Gasteiger partial charge in [0.25, 0.3) is 0 Å². The van der Waals surface area contributed by atoms with Crippen molar-refractivity contribution in [3.63, 3.8) is 0 Å². The molecule has 20 heavy (non-hydrogen) atoms. The van der Waals surface area contributed by atoms with Crippen LogP contribution in [0.4, 0.5) is 0 Å². The number of carbonyl (C=O) groups excluding carboxylic acids is 1. The van der Waals surface area contributed by atoms with Crippen LogP contribution in [0.2, 0.25) is 0 Å². The smallest absolute Gasteiger partial charge is 0.310 e. The lowest BCUT2D eigenvalue weighted by Gasteiger charge is -2.23. The van der Waals surface area contributed by atoms with Gasteiger partial charge in [-0.2, -0.15) is 0 Å². The monoisotopic (exact) mass is 282 g/mol. The number of rotatable bonds is 7. The topological polar surface area (TPSA) is 69.6 Å². The van der Waals surface area contributed by atoms with E-state index in [1.165, 1.54) is 25.9 Å². The molecule has 1 heterocycles. The second-order valence-electron chi connectivity index (χ2n) is 6.22. The third-order valence-electron chi connectivity index (χ3n) is 4.69. The molecule has 0 unspecified atom stereocenters. The maximum Gasteiger partial charge on any atom is 0.310 e. The quantitative estimate of drug-likeness (QED) is 0.696. The molecule has 2 aliphatic rings. The molecule has 1 saturated carbocycles. The standard InChI is InChI=1S/C15H26N2O3/c18-13(12-15(14(19)20)6-1-2-7-15)16-8-5-11-17-9-3-4-10-17/h1-12H2,(H,16,18)(H,19,20). The molecule has 2 rings (SSSR count). The lowest BCUT2D eigenvalue weighted by Crippen LogP contribution is -2.36. The summed E-state index contributed by atoms with van der Waals surface area (Å²) in [6.45, 7) is 4.04. The van der Waals surface area contributed by atoms with Gasteiger partial charge in [-0.05, 0) is 51.7 Å². The number of likely N-dealkylation sites (tertiary alicyclic amines) is 1. The Labute approximate surface area is 120 Å². The van der Waals surface area contributed by atoms with E-state index in [0.717, 1.165) is 25.8 Å². The predicted molar refractivity (Wildman–Crippen MR) is 76.5 cm³/mol. The van der Waals surface area contributed by atoms with Crippen LogP contribution >= 0.6 is 0 Å². The van der Waals surface area contributed by atoms with E-state index in [1.807, 2.05) is 0 Å². The molecule has 0 aromatic heterocycles. The second kappa shape index (κ2) is 7.07. The summed E-state index contributed by atoms with van der Waals surface area (Å²) in [6, 6.07) is 0. The summed E-state index contributed by atoms with van der Waals surface area (Å²) in [7, 11) is 0. The predicted octanol–water partition coefficient (Wildman–Crippen LogP) is 1.62. The fourth-order valence-electron chi connectivity index (χ4n) is 3.42. The highest BCUT2D eigenvalue weighted by Crippen LogP contribution is 2.41. The number of hydrogen-bond donors (Lipinski definition) is 2. The van der Waals surface area contributed by atoms with Gasteiger partial charge in [-0.25, -0.2) is 0 Å². The van der Waals surface area contributed by atoms with Gasteiger partial charge in [0.15, 0.2) is 0 Å². The average Bonchev–Trinajstić information content (AvgIpc) is 3.06. The molecule has 5 heteroatoms. The Hall–Kier alpha value is -1.10. The van der Waals surface area contributed by atoms with E-state index in [0.29, 0.717) is 19.4 Å². The highest BCUT2D eigenvalue weighted by atomic mass is 16.4. The van der Waals surface area contributed by atoms with E-state index in [1.54, 1.807) is 0 Å². The van der Waals surface area contributed by atoms with E-state index in [4.69, 9.17) is 0 Å². The van der Waals surface area contributed by atoms with Gasteiger partial charge < -0.3 is 15.3 Å². The van der Waals surface area contributed by atoms with E-state index in [9.17, 15) is 14.7 Å². The number of hydrogen-bond acceptors (Lipinski definition) is 3. The number of aliphatic carboxylic acids is 1. The van der Waals surface area contributed by atoms with Crippen molar-refractivity contribution >= 4 is 11.9 Å². The van der Waals surface area contributed by atoms with Crippen LogP contribution in [0.5, 0.6) is 0 Å². The molecule has 1 aliphatic heterocycles. The van der Waals surface area contributed by atoms with Crippen LogP contribution in [0, 0.1) is 5.41 Å². The SMILES string of the molecule is O=C(CC1(C(=O)O)CCCC1)NCCCN1CCCC1. The summed E-state index contributed by atoms with van der Waals surface area (Å²) >= 11 is 0. The largest absolute Gasteiger partial charge is 0.481 e. The first-order chi connectivity index (χ1) is 9.62. The summed E-state index contributed by atoms with van der Waals surface area (Å²) < 4.78 is 0. The zero-order valence-corrected chi connectivity index (χ0v) is 12.2. The number of nitrogens with zero attached hydrogens (tertiary/aromatic N) is 1. The third-order valence-corrected chi connectivity index (χ3v) is 4.69. The second-order valence-corrected chi connectivity index (χ2v) is 6.22. The van der Waals surface area contributed by atoms with Crippen molar-refractivity contribution in [1.29, 1.82) is 0 Å². The molecule has 5 nitrogen and oxygen atoms in total. The van der Waals surface area contributed by atoms with Gasteiger partial charge in [0.2, 0.25) is 5.91 Å². The Kier molecular flexibility index (Phi) is 5.40. The van der Waals surface area contributed by atoms with Crippen LogP contribution in [0.15, 0.2) is 0 Å².